The smallest absolute Gasteiger partial charge is 0.127 e. The monoisotopic (exact) mass is 226 g/mol. The lowest BCUT2D eigenvalue weighted by Crippen LogP contribution is -1.87. The van der Waals surface area contributed by atoms with Gasteiger partial charge in [-0.05, 0) is 17.7 Å². The van der Waals surface area contributed by atoms with Crippen molar-refractivity contribution in [3.8, 4) is 5.75 Å². The van der Waals surface area contributed by atoms with Crippen LogP contribution in [0.2, 0.25) is 0 Å². The minimum atomic E-state index is 0.0498. The number of hydrogen-bond donors (Lipinski definition) is 2. The van der Waals surface area contributed by atoms with E-state index >= 15 is 0 Å². The van der Waals surface area contributed by atoms with Gasteiger partial charge in [-0.3, -0.25) is 0 Å². The SMILES string of the molecule is COc1ccc(CO)c2sc(S)cc12. The molecule has 1 aromatic carbocycles. The fraction of sp³-hybridized carbons (Fsp3) is 0.200. The second-order valence-electron chi connectivity index (χ2n) is 2.91. The highest BCUT2D eigenvalue weighted by atomic mass is 32.2. The van der Waals surface area contributed by atoms with Crippen LogP contribution in [0.4, 0.5) is 0 Å². The van der Waals surface area contributed by atoms with E-state index in [1.807, 2.05) is 18.2 Å². The van der Waals surface area contributed by atoms with Crippen LogP contribution in [0.3, 0.4) is 0 Å². The van der Waals surface area contributed by atoms with E-state index < -0.39 is 0 Å². The number of hydrogen-bond acceptors (Lipinski definition) is 4. The van der Waals surface area contributed by atoms with Crippen LogP contribution in [0.15, 0.2) is 22.4 Å². The van der Waals surface area contributed by atoms with E-state index in [2.05, 4.69) is 12.6 Å². The summed E-state index contributed by atoms with van der Waals surface area (Å²) >= 11 is 5.85. The van der Waals surface area contributed by atoms with Gasteiger partial charge in [0.25, 0.3) is 0 Å². The van der Waals surface area contributed by atoms with Crippen molar-refractivity contribution in [2.45, 2.75) is 10.8 Å². The van der Waals surface area contributed by atoms with Gasteiger partial charge in [-0.1, -0.05) is 6.07 Å². The average Bonchev–Trinajstić information content (AvgIpc) is 2.57. The summed E-state index contributed by atoms with van der Waals surface area (Å²) in [4.78, 5) is 0. The predicted octanol–water partition coefficient (Wildman–Crippen LogP) is 2.69. The average molecular weight is 226 g/mol. The second kappa shape index (κ2) is 3.81. The molecule has 2 nitrogen and oxygen atoms in total. The summed E-state index contributed by atoms with van der Waals surface area (Å²) in [7, 11) is 1.64. The minimum Gasteiger partial charge on any atom is -0.496 e. The Hall–Kier alpha value is -0.710. The number of benzene rings is 1. The summed E-state index contributed by atoms with van der Waals surface area (Å²) in [6.07, 6.45) is 0. The molecule has 0 radical (unpaired) electrons. The Kier molecular flexibility index (Phi) is 2.67. The highest BCUT2D eigenvalue weighted by Crippen LogP contribution is 2.36. The van der Waals surface area contributed by atoms with Crippen molar-refractivity contribution in [3.63, 3.8) is 0 Å². The molecule has 0 aliphatic heterocycles. The summed E-state index contributed by atoms with van der Waals surface area (Å²) in [5.41, 5.74) is 0.922. The van der Waals surface area contributed by atoms with Crippen LogP contribution < -0.4 is 4.74 Å². The number of methoxy groups -OCH3 is 1. The molecule has 1 N–H and O–H groups in total. The first-order valence-corrected chi connectivity index (χ1v) is 5.42. The molecule has 0 unspecified atom stereocenters. The predicted molar refractivity (Wildman–Crippen MR) is 61.6 cm³/mol. The molecule has 1 aromatic heterocycles. The molecule has 0 saturated carbocycles. The summed E-state index contributed by atoms with van der Waals surface area (Å²) in [6, 6.07) is 5.71. The Morgan fingerprint density at radius 1 is 1.50 bits per heavy atom. The highest BCUT2D eigenvalue weighted by Gasteiger charge is 2.08. The minimum absolute atomic E-state index is 0.0498. The number of aliphatic hydroxyl groups excluding tert-OH is 1. The Morgan fingerprint density at radius 3 is 2.93 bits per heavy atom. The standard InChI is InChI=1S/C10H10O2S2/c1-12-8-3-2-6(5-11)10-7(8)4-9(13)14-10/h2-4,11,13H,5H2,1H3. The van der Waals surface area contributed by atoms with Crippen molar-refractivity contribution in [2.75, 3.05) is 7.11 Å². The molecule has 2 aromatic rings. The zero-order valence-corrected chi connectivity index (χ0v) is 9.36. The molecular weight excluding hydrogens is 216 g/mol. The topological polar surface area (TPSA) is 29.5 Å². The summed E-state index contributed by atoms with van der Waals surface area (Å²) in [5, 5.41) is 10.2. The van der Waals surface area contributed by atoms with Gasteiger partial charge in [0.2, 0.25) is 0 Å². The van der Waals surface area contributed by atoms with Crippen LogP contribution >= 0.6 is 24.0 Å². The summed E-state index contributed by atoms with van der Waals surface area (Å²) in [5.74, 6) is 0.828. The third-order valence-electron chi connectivity index (χ3n) is 2.10. The molecule has 1 heterocycles. The fourth-order valence-corrected chi connectivity index (χ4v) is 2.77. The van der Waals surface area contributed by atoms with E-state index in [0.29, 0.717) is 0 Å². The molecule has 0 bridgehead atoms. The van der Waals surface area contributed by atoms with Crippen molar-refractivity contribution < 1.29 is 9.84 Å². The normalized spacial score (nSPS) is 10.8. The van der Waals surface area contributed by atoms with E-state index in [-0.39, 0.29) is 6.61 Å². The number of aliphatic hydroxyl groups is 1. The molecule has 0 atom stereocenters. The molecule has 2 rings (SSSR count). The maximum atomic E-state index is 9.15. The zero-order chi connectivity index (χ0) is 10.1. The van der Waals surface area contributed by atoms with Crippen molar-refractivity contribution >= 4 is 34.1 Å². The first-order valence-electron chi connectivity index (χ1n) is 4.15. The Morgan fingerprint density at radius 2 is 2.29 bits per heavy atom. The van der Waals surface area contributed by atoms with Gasteiger partial charge in [-0.2, -0.15) is 0 Å². The molecule has 0 fully saturated rings. The molecule has 14 heavy (non-hydrogen) atoms. The quantitative estimate of drug-likeness (QED) is 0.771. The van der Waals surface area contributed by atoms with Crippen LogP contribution in [0.5, 0.6) is 5.75 Å². The van der Waals surface area contributed by atoms with Gasteiger partial charge in [0.1, 0.15) is 5.75 Å². The number of thiol groups is 1. The summed E-state index contributed by atoms with van der Waals surface area (Å²) < 4.78 is 7.21. The first-order chi connectivity index (χ1) is 6.76. The Bertz CT molecular complexity index is 421. The number of thiophene rings is 1. The van der Waals surface area contributed by atoms with E-state index in [1.54, 1.807) is 18.4 Å². The van der Waals surface area contributed by atoms with Crippen molar-refractivity contribution in [1.29, 1.82) is 0 Å². The summed E-state index contributed by atoms with van der Waals surface area (Å²) in [6.45, 7) is 0.0498. The fourth-order valence-electron chi connectivity index (χ4n) is 1.44. The molecule has 4 heteroatoms. The van der Waals surface area contributed by atoms with Crippen molar-refractivity contribution in [1.82, 2.24) is 0 Å². The van der Waals surface area contributed by atoms with Gasteiger partial charge in [0.15, 0.2) is 0 Å². The molecule has 0 spiro atoms. The van der Waals surface area contributed by atoms with E-state index in [1.165, 1.54) is 0 Å². The Balaban J connectivity index is 2.77. The van der Waals surface area contributed by atoms with E-state index in [9.17, 15) is 0 Å². The maximum absolute atomic E-state index is 9.15. The maximum Gasteiger partial charge on any atom is 0.127 e. The van der Waals surface area contributed by atoms with Crippen LogP contribution in [-0.4, -0.2) is 12.2 Å². The lowest BCUT2D eigenvalue weighted by molar-refractivity contribution is 0.283. The van der Waals surface area contributed by atoms with Gasteiger partial charge in [0.05, 0.1) is 17.9 Å². The van der Waals surface area contributed by atoms with Crippen LogP contribution in [0.25, 0.3) is 10.1 Å². The molecule has 0 aliphatic rings. The van der Waals surface area contributed by atoms with E-state index in [4.69, 9.17) is 9.84 Å². The molecule has 0 saturated heterocycles. The van der Waals surface area contributed by atoms with Crippen molar-refractivity contribution in [2.24, 2.45) is 0 Å². The van der Waals surface area contributed by atoms with Gasteiger partial charge >= 0.3 is 0 Å². The van der Waals surface area contributed by atoms with Gasteiger partial charge in [0, 0.05) is 10.1 Å². The van der Waals surface area contributed by atoms with Gasteiger partial charge in [-0.25, -0.2) is 0 Å². The first kappa shape index (κ1) is 9.83. The number of rotatable bonds is 2. The third kappa shape index (κ3) is 1.49. The number of fused-ring (bicyclic) bond motifs is 1. The molecule has 74 valence electrons. The number of ether oxygens (including phenoxy) is 1. The van der Waals surface area contributed by atoms with Gasteiger partial charge < -0.3 is 9.84 Å². The third-order valence-corrected chi connectivity index (χ3v) is 3.52. The highest BCUT2D eigenvalue weighted by molar-refractivity contribution is 7.83. The van der Waals surface area contributed by atoms with Crippen LogP contribution in [-0.2, 0) is 6.61 Å². The van der Waals surface area contributed by atoms with Crippen molar-refractivity contribution in [3.05, 3.63) is 23.8 Å². The zero-order valence-electron chi connectivity index (χ0n) is 7.65. The van der Waals surface area contributed by atoms with Gasteiger partial charge in [-0.15, -0.1) is 24.0 Å². The second-order valence-corrected chi connectivity index (χ2v) is 4.75. The molecular formula is C10H10O2S2. The van der Waals surface area contributed by atoms with E-state index in [0.717, 1.165) is 25.6 Å². The molecule has 0 aliphatic carbocycles. The lowest BCUT2D eigenvalue weighted by Gasteiger charge is -2.03. The van der Waals surface area contributed by atoms with Crippen LogP contribution in [0.1, 0.15) is 5.56 Å². The largest absolute Gasteiger partial charge is 0.496 e. The molecule has 0 amide bonds. The Labute approximate surface area is 91.5 Å². The lowest BCUT2D eigenvalue weighted by atomic mass is 10.1. The van der Waals surface area contributed by atoms with Crippen LogP contribution in [0, 0.1) is 0 Å².